The number of nitro groups is 1. The van der Waals surface area contributed by atoms with Crippen LogP contribution in [0, 0.1) is 16.0 Å². The quantitative estimate of drug-likeness (QED) is 0.441. The zero-order valence-electron chi connectivity index (χ0n) is 9.93. The third-order valence-electron chi connectivity index (χ3n) is 2.18. The zero-order chi connectivity index (χ0) is 12.8. The van der Waals surface area contributed by atoms with Crippen molar-refractivity contribution in [3.63, 3.8) is 0 Å². The molecule has 0 aliphatic heterocycles. The molecule has 0 amide bonds. The Labute approximate surface area is 108 Å². The lowest BCUT2D eigenvalue weighted by molar-refractivity contribution is -0.390. The Morgan fingerprint density at radius 2 is 2.29 bits per heavy atom. The van der Waals surface area contributed by atoms with Gasteiger partial charge in [0.15, 0.2) is 0 Å². The van der Waals surface area contributed by atoms with E-state index in [1.165, 1.54) is 4.68 Å². The third-order valence-corrected chi connectivity index (χ3v) is 2.74. The van der Waals surface area contributed by atoms with Gasteiger partial charge in [0, 0.05) is 6.61 Å². The van der Waals surface area contributed by atoms with Crippen LogP contribution in [0.3, 0.4) is 0 Å². The van der Waals surface area contributed by atoms with Gasteiger partial charge in [-0.2, -0.15) is 4.68 Å². The van der Waals surface area contributed by atoms with Crippen LogP contribution in [0.4, 0.5) is 5.82 Å². The van der Waals surface area contributed by atoms with Crippen molar-refractivity contribution < 1.29 is 9.66 Å². The Morgan fingerprint density at radius 3 is 2.82 bits per heavy atom. The first-order valence-electron chi connectivity index (χ1n) is 5.45. The molecular formula is C10H16BrN3O3. The summed E-state index contributed by atoms with van der Waals surface area (Å²) in [5, 5.41) is 14.4. The number of aromatic nitrogens is 2. The molecule has 0 fully saturated rings. The van der Waals surface area contributed by atoms with Gasteiger partial charge < -0.3 is 14.9 Å². The second-order valence-corrected chi connectivity index (χ2v) is 4.97. The molecule has 0 atom stereocenters. The molecule has 7 heteroatoms. The second kappa shape index (κ2) is 6.70. The number of ether oxygens (including phenoxy) is 1. The van der Waals surface area contributed by atoms with Crippen LogP contribution >= 0.6 is 15.9 Å². The van der Waals surface area contributed by atoms with Crippen LogP contribution in [0.5, 0.6) is 0 Å². The van der Waals surface area contributed by atoms with Crippen LogP contribution in [-0.2, 0) is 11.3 Å². The summed E-state index contributed by atoms with van der Waals surface area (Å²) in [6.07, 6.45) is 2.60. The predicted octanol–water partition coefficient (Wildman–Crippen LogP) is 2.62. The van der Waals surface area contributed by atoms with Gasteiger partial charge in [-0.3, -0.25) is 0 Å². The summed E-state index contributed by atoms with van der Waals surface area (Å²) in [7, 11) is 0. The Kier molecular flexibility index (Phi) is 5.57. The van der Waals surface area contributed by atoms with Crippen molar-refractivity contribution in [3.8, 4) is 0 Å². The normalized spacial score (nSPS) is 11.1. The summed E-state index contributed by atoms with van der Waals surface area (Å²) in [5.41, 5.74) is 0. The summed E-state index contributed by atoms with van der Waals surface area (Å²) in [4.78, 5) is 10.0. The van der Waals surface area contributed by atoms with Crippen LogP contribution in [0.15, 0.2) is 10.7 Å². The molecule has 1 heterocycles. The highest BCUT2D eigenvalue weighted by molar-refractivity contribution is 9.10. The van der Waals surface area contributed by atoms with Crippen molar-refractivity contribution in [3.05, 3.63) is 20.8 Å². The monoisotopic (exact) mass is 305 g/mol. The lowest BCUT2D eigenvalue weighted by Crippen LogP contribution is -2.08. The van der Waals surface area contributed by atoms with Crippen molar-refractivity contribution >= 4 is 21.7 Å². The fraction of sp³-hybridized carbons (Fsp3) is 0.700. The SMILES string of the molecule is CC(C)CCOCCn1cc(Br)c([N+](=O)[O-])n1. The van der Waals surface area contributed by atoms with E-state index in [9.17, 15) is 10.1 Å². The molecule has 1 rings (SSSR count). The van der Waals surface area contributed by atoms with E-state index in [1.807, 2.05) is 0 Å². The van der Waals surface area contributed by atoms with E-state index >= 15 is 0 Å². The van der Waals surface area contributed by atoms with Gasteiger partial charge in [-0.1, -0.05) is 13.8 Å². The minimum atomic E-state index is -0.514. The molecule has 1 aromatic rings. The van der Waals surface area contributed by atoms with E-state index in [-0.39, 0.29) is 5.82 Å². The molecule has 17 heavy (non-hydrogen) atoms. The molecule has 0 saturated heterocycles. The Morgan fingerprint density at radius 1 is 1.59 bits per heavy atom. The summed E-state index contributed by atoms with van der Waals surface area (Å²) in [5.74, 6) is 0.460. The zero-order valence-corrected chi connectivity index (χ0v) is 11.5. The smallest absolute Gasteiger partial charge is 0.379 e. The molecule has 0 radical (unpaired) electrons. The minimum Gasteiger partial charge on any atom is -0.379 e. The van der Waals surface area contributed by atoms with Crippen molar-refractivity contribution in [2.24, 2.45) is 5.92 Å². The van der Waals surface area contributed by atoms with E-state index in [1.54, 1.807) is 6.20 Å². The predicted molar refractivity (Wildman–Crippen MR) is 66.9 cm³/mol. The summed E-state index contributed by atoms with van der Waals surface area (Å²) >= 11 is 3.09. The van der Waals surface area contributed by atoms with Gasteiger partial charge in [0.05, 0.1) is 24.4 Å². The van der Waals surface area contributed by atoms with Crippen LogP contribution in [-0.4, -0.2) is 27.9 Å². The lowest BCUT2D eigenvalue weighted by atomic mass is 10.1. The maximum atomic E-state index is 10.6. The first-order valence-corrected chi connectivity index (χ1v) is 6.25. The maximum absolute atomic E-state index is 10.6. The van der Waals surface area contributed by atoms with Gasteiger partial charge in [0.1, 0.15) is 4.47 Å². The van der Waals surface area contributed by atoms with Crippen LogP contribution in [0.25, 0.3) is 0 Å². The first kappa shape index (κ1) is 14.1. The Balaban J connectivity index is 2.32. The second-order valence-electron chi connectivity index (χ2n) is 4.12. The van der Waals surface area contributed by atoms with E-state index < -0.39 is 4.92 Å². The summed E-state index contributed by atoms with van der Waals surface area (Å²) in [6.45, 7) is 6.01. The average molecular weight is 306 g/mol. The van der Waals surface area contributed by atoms with Crippen LogP contribution in [0.2, 0.25) is 0 Å². The van der Waals surface area contributed by atoms with Crippen LogP contribution < -0.4 is 0 Å². The topological polar surface area (TPSA) is 70.2 Å². The molecule has 96 valence electrons. The highest BCUT2D eigenvalue weighted by atomic mass is 79.9. The van der Waals surface area contributed by atoms with Gasteiger partial charge in [-0.25, -0.2) is 0 Å². The average Bonchev–Trinajstić information content (AvgIpc) is 2.59. The lowest BCUT2D eigenvalue weighted by Gasteiger charge is -2.04. The van der Waals surface area contributed by atoms with Crippen LogP contribution in [0.1, 0.15) is 20.3 Å². The Hall–Kier alpha value is -0.950. The third kappa shape index (κ3) is 4.82. The van der Waals surface area contributed by atoms with Crippen molar-refractivity contribution in [2.45, 2.75) is 26.8 Å². The van der Waals surface area contributed by atoms with E-state index in [4.69, 9.17) is 4.74 Å². The van der Waals surface area contributed by atoms with Gasteiger partial charge in [-0.15, -0.1) is 0 Å². The molecule has 0 spiro atoms. The molecule has 0 unspecified atom stereocenters. The highest BCUT2D eigenvalue weighted by Gasteiger charge is 2.17. The fourth-order valence-corrected chi connectivity index (χ4v) is 1.66. The number of rotatable bonds is 7. The van der Waals surface area contributed by atoms with Crippen molar-refractivity contribution in [1.29, 1.82) is 0 Å². The van der Waals surface area contributed by atoms with Gasteiger partial charge in [0.25, 0.3) is 0 Å². The highest BCUT2D eigenvalue weighted by Crippen LogP contribution is 2.21. The molecule has 0 aliphatic rings. The van der Waals surface area contributed by atoms with Gasteiger partial charge in [0.2, 0.25) is 0 Å². The fourth-order valence-electron chi connectivity index (χ4n) is 1.20. The Bertz CT molecular complexity index is 379. The number of nitrogens with zero attached hydrogens (tertiary/aromatic N) is 3. The van der Waals surface area contributed by atoms with E-state index in [0.29, 0.717) is 30.1 Å². The molecule has 0 aromatic carbocycles. The minimum absolute atomic E-state index is 0.160. The largest absolute Gasteiger partial charge is 0.404 e. The first-order chi connectivity index (χ1) is 8.00. The molecule has 0 N–H and O–H groups in total. The van der Waals surface area contributed by atoms with Gasteiger partial charge >= 0.3 is 5.82 Å². The van der Waals surface area contributed by atoms with Gasteiger partial charge in [-0.05, 0) is 33.2 Å². The molecule has 0 bridgehead atoms. The maximum Gasteiger partial charge on any atom is 0.404 e. The number of hydrogen-bond acceptors (Lipinski definition) is 4. The molecular weight excluding hydrogens is 290 g/mol. The summed E-state index contributed by atoms with van der Waals surface area (Å²) in [6, 6.07) is 0. The molecule has 0 aliphatic carbocycles. The standard InChI is InChI=1S/C10H16BrN3O3/c1-8(2)3-5-17-6-4-13-7-9(11)10(12-13)14(15)16/h7-8H,3-6H2,1-2H3. The number of hydrogen-bond donors (Lipinski definition) is 0. The number of halogens is 1. The van der Waals surface area contributed by atoms with Crippen molar-refractivity contribution in [2.75, 3.05) is 13.2 Å². The van der Waals surface area contributed by atoms with Crippen molar-refractivity contribution in [1.82, 2.24) is 9.78 Å². The van der Waals surface area contributed by atoms with E-state index in [0.717, 1.165) is 6.42 Å². The summed E-state index contributed by atoms with van der Waals surface area (Å²) < 4.78 is 7.32. The molecule has 6 nitrogen and oxygen atoms in total. The molecule has 1 aromatic heterocycles. The molecule has 0 saturated carbocycles. The van der Waals surface area contributed by atoms with E-state index in [2.05, 4.69) is 34.9 Å².